The van der Waals surface area contributed by atoms with Crippen LogP contribution in [0.2, 0.25) is 10.0 Å². The molecule has 1 aromatic heterocycles. The quantitative estimate of drug-likeness (QED) is 0.731. The van der Waals surface area contributed by atoms with Gasteiger partial charge in [-0.25, -0.2) is 4.39 Å². The van der Waals surface area contributed by atoms with Gasteiger partial charge in [-0.1, -0.05) is 23.2 Å². The minimum atomic E-state index is -0.332. The Bertz CT molecular complexity index is 541. The van der Waals surface area contributed by atoms with Gasteiger partial charge in [0.05, 0.1) is 16.9 Å². The molecule has 0 bridgehead atoms. The number of hydrogen-bond donors (Lipinski definition) is 0. The fraction of sp³-hybridized carbons (Fsp3) is 0.0833. The van der Waals surface area contributed by atoms with Crippen molar-refractivity contribution in [2.45, 2.75) is 6.92 Å². The Balaban J connectivity index is 2.58. The van der Waals surface area contributed by atoms with Crippen LogP contribution < -0.4 is 0 Å². The summed E-state index contributed by atoms with van der Waals surface area (Å²) in [4.78, 5) is 3.99. The summed E-state index contributed by atoms with van der Waals surface area (Å²) in [5.41, 5.74) is 1.85. The first-order valence-corrected chi connectivity index (χ1v) is 5.41. The Kier molecular flexibility index (Phi) is 3.13. The standard InChI is InChI=1S/C12H8Cl2FN/c1-7-4-12(16-6-11(7)15)9-5-8(13)2-3-10(9)14/h2-6H,1H3. The van der Waals surface area contributed by atoms with Crippen LogP contribution in [-0.2, 0) is 0 Å². The molecular weight excluding hydrogens is 248 g/mol. The van der Waals surface area contributed by atoms with Crippen LogP contribution in [0.3, 0.4) is 0 Å². The topological polar surface area (TPSA) is 12.9 Å². The van der Waals surface area contributed by atoms with Gasteiger partial charge in [0.1, 0.15) is 5.82 Å². The molecule has 2 rings (SSSR count). The molecule has 0 aliphatic heterocycles. The molecule has 0 aliphatic carbocycles. The van der Waals surface area contributed by atoms with E-state index < -0.39 is 0 Å². The molecule has 2 aromatic rings. The molecule has 0 unspecified atom stereocenters. The minimum absolute atomic E-state index is 0.332. The lowest BCUT2D eigenvalue weighted by Crippen LogP contribution is -1.89. The highest BCUT2D eigenvalue weighted by molar-refractivity contribution is 6.35. The number of aromatic nitrogens is 1. The Hall–Kier alpha value is -1.12. The summed E-state index contributed by atoms with van der Waals surface area (Å²) >= 11 is 11.9. The van der Waals surface area contributed by atoms with Crippen LogP contribution in [0, 0.1) is 12.7 Å². The van der Waals surface area contributed by atoms with E-state index in [2.05, 4.69) is 4.98 Å². The van der Waals surface area contributed by atoms with Crippen LogP contribution in [0.5, 0.6) is 0 Å². The van der Waals surface area contributed by atoms with Crippen molar-refractivity contribution in [3.05, 3.63) is 51.9 Å². The first-order valence-electron chi connectivity index (χ1n) is 4.65. The summed E-state index contributed by atoms with van der Waals surface area (Å²) in [6, 6.07) is 6.75. The van der Waals surface area contributed by atoms with Crippen LogP contribution in [0.1, 0.15) is 5.56 Å². The first kappa shape index (κ1) is 11.4. The summed E-state index contributed by atoms with van der Waals surface area (Å²) in [6.45, 7) is 1.68. The number of hydrogen-bond acceptors (Lipinski definition) is 1. The van der Waals surface area contributed by atoms with E-state index >= 15 is 0 Å². The lowest BCUT2D eigenvalue weighted by Gasteiger charge is -2.05. The predicted molar refractivity (Wildman–Crippen MR) is 64.4 cm³/mol. The average molecular weight is 256 g/mol. The Morgan fingerprint density at radius 3 is 2.62 bits per heavy atom. The van der Waals surface area contributed by atoms with Gasteiger partial charge in [0.2, 0.25) is 0 Å². The molecule has 16 heavy (non-hydrogen) atoms. The zero-order valence-corrected chi connectivity index (χ0v) is 9.98. The molecule has 0 fully saturated rings. The lowest BCUT2D eigenvalue weighted by atomic mass is 10.1. The highest BCUT2D eigenvalue weighted by atomic mass is 35.5. The van der Waals surface area contributed by atoms with Gasteiger partial charge in [-0.15, -0.1) is 0 Å². The zero-order valence-electron chi connectivity index (χ0n) is 8.47. The third-order valence-corrected chi connectivity index (χ3v) is 2.82. The van der Waals surface area contributed by atoms with Gasteiger partial charge in [0, 0.05) is 10.6 Å². The highest BCUT2D eigenvalue weighted by Crippen LogP contribution is 2.29. The van der Waals surface area contributed by atoms with Crippen LogP contribution in [0.15, 0.2) is 30.5 Å². The maximum atomic E-state index is 13.1. The number of halogens is 3. The number of rotatable bonds is 1. The number of benzene rings is 1. The summed E-state index contributed by atoms with van der Waals surface area (Å²) in [6.07, 6.45) is 1.18. The van der Waals surface area contributed by atoms with Crippen LogP contribution >= 0.6 is 23.2 Å². The lowest BCUT2D eigenvalue weighted by molar-refractivity contribution is 0.612. The molecule has 0 saturated heterocycles. The molecule has 82 valence electrons. The van der Waals surface area contributed by atoms with Crippen molar-refractivity contribution >= 4 is 23.2 Å². The fourth-order valence-electron chi connectivity index (χ4n) is 1.38. The highest BCUT2D eigenvalue weighted by Gasteiger charge is 2.07. The minimum Gasteiger partial charge on any atom is -0.253 e. The summed E-state index contributed by atoms with van der Waals surface area (Å²) < 4.78 is 13.1. The molecule has 0 atom stereocenters. The Morgan fingerprint density at radius 2 is 1.94 bits per heavy atom. The van der Waals surface area contributed by atoms with Crippen LogP contribution in [0.4, 0.5) is 4.39 Å². The molecule has 1 nitrogen and oxygen atoms in total. The van der Waals surface area contributed by atoms with Gasteiger partial charge in [-0.05, 0) is 36.8 Å². The molecule has 1 heterocycles. The molecule has 0 N–H and O–H groups in total. The summed E-state index contributed by atoms with van der Waals surface area (Å²) in [5, 5.41) is 1.12. The van der Waals surface area contributed by atoms with Gasteiger partial charge in [-0.3, -0.25) is 4.98 Å². The second kappa shape index (κ2) is 4.40. The molecule has 0 saturated carbocycles. The summed E-state index contributed by atoms with van der Waals surface area (Å²) in [5.74, 6) is -0.332. The second-order valence-electron chi connectivity index (χ2n) is 3.44. The van der Waals surface area contributed by atoms with E-state index in [-0.39, 0.29) is 5.82 Å². The number of nitrogens with zero attached hydrogens (tertiary/aromatic N) is 1. The van der Waals surface area contributed by atoms with E-state index in [9.17, 15) is 4.39 Å². The molecule has 0 aliphatic rings. The number of pyridine rings is 1. The summed E-state index contributed by atoms with van der Waals surface area (Å²) in [7, 11) is 0. The molecule has 0 radical (unpaired) electrons. The van der Waals surface area contributed by atoms with Crippen molar-refractivity contribution < 1.29 is 4.39 Å². The van der Waals surface area contributed by atoms with Gasteiger partial charge < -0.3 is 0 Å². The normalized spacial score (nSPS) is 10.5. The Morgan fingerprint density at radius 1 is 1.19 bits per heavy atom. The third kappa shape index (κ3) is 2.18. The van der Waals surface area contributed by atoms with Gasteiger partial charge in [0.15, 0.2) is 0 Å². The van der Waals surface area contributed by atoms with E-state index in [0.717, 1.165) is 0 Å². The van der Waals surface area contributed by atoms with E-state index in [1.807, 2.05) is 0 Å². The SMILES string of the molecule is Cc1cc(-c2cc(Cl)ccc2Cl)ncc1F. The monoisotopic (exact) mass is 255 g/mol. The fourth-order valence-corrected chi connectivity index (χ4v) is 1.77. The van der Waals surface area contributed by atoms with E-state index in [0.29, 0.717) is 26.9 Å². The zero-order chi connectivity index (χ0) is 11.7. The van der Waals surface area contributed by atoms with E-state index in [1.54, 1.807) is 31.2 Å². The van der Waals surface area contributed by atoms with Gasteiger partial charge in [-0.2, -0.15) is 0 Å². The van der Waals surface area contributed by atoms with Crippen molar-refractivity contribution in [2.24, 2.45) is 0 Å². The Labute approximate surface area is 103 Å². The maximum Gasteiger partial charge on any atom is 0.144 e. The van der Waals surface area contributed by atoms with Crippen molar-refractivity contribution in [3.63, 3.8) is 0 Å². The predicted octanol–water partition coefficient (Wildman–Crippen LogP) is 4.50. The average Bonchev–Trinajstić information content (AvgIpc) is 2.26. The second-order valence-corrected chi connectivity index (χ2v) is 4.29. The largest absolute Gasteiger partial charge is 0.253 e. The van der Waals surface area contributed by atoms with Crippen LogP contribution in [-0.4, -0.2) is 4.98 Å². The smallest absolute Gasteiger partial charge is 0.144 e. The van der Waals surface area contributed by atoms with Crippen molar-refractivity contribution in [3.8, 4) is 11.3 Å². The maximum absolute atomic E-state index is 13.1. The van der Waals surface area contributed by atoms with E-state index in [4.69, 9.17) is 23.2 Å². The van der Waals surface area contributed by atoms with Crippen molar-refractivity contribution in [2.75, 3.05) is 0 Å². The van der Waals surface area contributed by atoms with Crippen molar-refractivity contribution in [1.82, 2.24) is 4.98 Å². The van der Waals surface area contributed by atoms with Gasteiger partial charge >= 0.3 is 0 Å². The molecule has 0 spiro atoms. The molecular formula is C12H8Cl2FN. The van der Waals surface area contributed by atoms with Crippen molar-refractivity contribution in [1.29, 1.82) is 0 Å². The van der Waals surface area contributed by atoms with E-state index in [1.165, 1.54) is 6.20 Å². The molecule has 4 heteroatoms. The first-order chi connectivity index (χ1) is 7.58. The third-order valence-electron chi connectivity index (χ3n) is 2.25. The van der Waals surface area contributed by atoms with Crippen LogP contribution in [0.25, 0.3) is 11.3 Å². The van der Waals surface area contributed by atoms with Gasteiger partial charge in [0.25, 0.3) is 0 Å². The number of aryl methyl sites for hydroxylation is 1. The molecule has 1 aromatic carbocycles. The molecule has 0 amide bonds.